The van der Waals surface area contributed by atoms with E-state index in [-0.39, 0.29) is 16.2 Å². The molecule has 55 heavy (non-hydrogen) atoms. The molecule has 0 fully saturated rings. The SMILES string of the molecule is CC(C)(C)c1c2c(c(N(c3ccc4ccccc4c3)c3ccc(-c4ccccc4)c4ccccc34)c3c1-c1ccccc1C3(C)C)C(C)(C)c1ccccc1-2. The van der Waals surface area contributed by atoms with Crippen molar-refractivity contribution in [2.75, 3.05) is 4.90 Å². The predicted molar refractivity (Wildman–Crippen MR) is 235 cm³/mol. The van der Waals surface area contributed by atoms with Gasteiger partial charge in [-0.1, -0.05) is 188 Å². The maximum Gasteiger partial charge on any atom is 0.0556 e. The Labute approximate surface area is 325 Å². The quantitative estimate of drug-likeness (QED) is 0.176. The van der Waals surface area contributed by atoms with E-state index in [0.29, 0.717) is 0 Å². The fourth-order valence-corrected chi connectivity index (χ4v) is 10.3. The van der Waals surface area contributed by atoms with Crippen molar-refractivity contribution in [3.05, 3.63) is 186 Å². The van der Waals surface area contributed by atoms with Crippen molar-refractivity contribution >= 4 is 38.6 Å². The largest absolute Gasteiger partial charge is 0.309 e. The maximum absolute atomic E-state index is 2.66. The molecule has 1 nitrogen and oxygen atoms in total. The van der Waals surface area contributed by atoms with Gasteiger partial charge in [-0.05, 0) is 101 Å². The van der Waals surface area contributed by atoms with Crippen LogP contribution in [0, 0.1) is 0 Å². The van der Waals surface area contributed by atoms with Crippen molar-refractivity contribution in [2.24, 2.45) is 0 Å². The van der Waals surface area contributed by atoms with E-state index in [9.17, 15) is 0 Å². The number of anilines is 3. The normalized spacial score (nSPS) is 14.7. The second-order valence-corrected chi connectivity index (χ2v) is 17.7. The third-order valence-corrected chi connectivity index (χ3v) is 12.7. The minimum atomic E-state index is -0.268. The highest BCUT2D eigenvalue weighted by Crippen LogP contribution is 2.66. The molecule has 0 spiro atoms. The Morgan fingerprint density at radius 2 is 0.982 bits per heavy atom. The number of rotatable bonds is 4. The van der Waals surface area contributed by atoms with Crippen LogP contribution in [0.1, 0.15) is 76.3 Å². The highest BCUT2D eigenvalue weighted by molar-refractivity contribution is 6.10. The summed E-state index contributed by atoms with van der Waals surface area (Å²) in [6.07, 6.45) is 0. The van der Waals surface area contributed by atoms with E-state index in [1.54, 1.807) is 0 Å². The first kappa shape index (κ1) is 33.6. The average Bonchev–Trinajstić information content (AvgIpc) is 3.57. The molecule has 0 bridgehead atoms. The Bertz CT molecular complexity index is 2760. The van der Waals surface area contributed by atoms with Crippen molar-refractivity contribution in [3.63, 3.8) is 0 Å². The Hall–Kier alpha value is -5.92. The van der Waals surface area contributed by atoms with Crippen LogP contribution in [0.25, 0.3) is 54.9 Å². The monoisotopic (exact) mass is 709 g/mol. The molecule has 8 aromatic rings. The summed E-state index contributed by atoms with van der Waals surface area (Å²) >= 11 is 0. The summed E-state index contributed by atoms with van der Waals surface area (Å²) in [5, 5.41) is 4.97. The third kappa shape index (κ3) is 4.78. The molecule has 10 rings (SSSR count). The number of hydrogen-bond acceptors (Lipinski definition) is 1. The lowest BCUT2D eigenvalue weighted by molar-refractivity contribution is 0.587. The predicted octanol–water partition coefficient (Wildman–Crippen LogP) is 15.0. The Morgan fingerprint density at radius 1 is 0.455 bits per heavy atom. The summed E-state index contributed by atoms with van der Waals surface area (Å²) in [6.45, 7) is 17.1. The molecule has 0 N–H and O–H groups in total. The molecule has 2 aliphatic rings. The topological polar surface area (TPSA) is 3.24 Å². The summed E-state index contributed by atoms with van der Waals surface area (Å²) in [7, 11) is 0. The minimum absolute atomic E-state index is 0.119. The molecule has 8 aromatic carbocycles. The molecule has 1 heteroatoms. The molecular weight excluding hydrogens is 663 g/mol. The smallest absolute Gasteiger partial charge is 0.0556 e. The van der Waals surface area contributed by atoms with Gasteiger partial charge in [-0.15, -0.1) is 0 Å². The number of benzene rings is 8. The minimum Gasteiger partial charge on any atom is -0.309 e. The van der Waals surface area contributed by atoms with Crippen LogP contribution in [0.15, 0.2) is 158 Å². The highest BCUT2D eigenvalue weighted by Gasteiger charge is 2.50. The molecule has 0 atom stereocenters. The van der Waals surface area contributed by atoms with E-state index in [1.165, 1.54) is 99.8 Å². The molecule has 268 valence electrons. The van der Waals surface area contributed by atoms with Gasteiger partial charge in [0.1, 0.15) is 0 Å². The lowest BCUT2D eigenvalue weighted by Gasteiger charge is -2.40. The molecule has 0 aliphatic heterocycles. The summed E-state index contributed by atoms with van der Waals surface area (Å²) in [5.41, 5.74) is 18.1. The van der Waals surface area contributed by atoms with Gasteiger partial charge in [0.25, 0.3) is 0 Å². The van der Waals surface area contributed by atoms with Gasteiger partial charge in [-0.3, -0.25) is 0 Å². The van der Waals surface area contributed by atoms with E-state index in [0.717, 1.165) is 0 Å². The number of hydrogen-bond donors (Lipinski definition) is 0. The zero-order chi connectivity index (χ0) is 37.9. The van der Waals surface area contributed by atoms with Crippen molar-refractivity contribution in [1.29, 1.82) is 0 Å². The third-order valence-electron chi connectivity index (χ3n) is 12.7. The molecule has 0 saturated heterocycles. The van der Waals surface area contributed by atoms with Crippen molar-refractivity contribution < 1.29 is 0 Å². The molecule has 0 unspecified atom stereocenters. The molecule has 0 heterocycles. The second-order valence-electron chi connectivity index (χ2n) is 17.7. The van der Waals surface area contributed by atoms with Crippen molar-refractivity contribution in [3.8, 4) is 33.4 Å². The standard InChI is InChI=1S/C54H47N/c1-52(2,3)48-46-41-25-15-17-27-43(41)53(4,5)49(46)51(50-47(48)42-26-16-18-28-44(42)54(50,6)7)55(37-30-29-34-19-11-12-22-36(34)33-37)45-32-31-38(35-20-9-8-10-21-35)39-23-13-14-24-40(39)45/h8-33H,1-7H3. The van der Waals surface area contributed by atoms with E-state index >= 15 is 0 Å². The van der Waals surface area contributed by atoms with Gasteiger partial charge in [-0.2, -0.15) is 0 Å². The van der Waals surface area contributed by atoms with Gasteiger partial charge in [0, 0.05) is 21.9 Å². The zero-order valence-corrected chi connectivity index (χ0v) is 33.0. The van der Waals surface area contributed by atoms with E-state index in [2.05, 4.69) is 211 Å². The highest BCUT2D eigenvalue weighted by atomic mass is 15.2. The van der Waals surface area contributed by atoms with Gasteiger partial charge in [0.05, 0.1) is 11.4 Å². The molecule has 0 saturated carbocycles. The first-order chi connectivity index (χ1) is 26.5. The zero-order valence-electron chi connectivity index (χ0n) is 33.0. The van der Waals surface area contributed by atoms with Crippen LogP contribution in [-0.2, 0) is 16.2 Å². The van der Waals surface area contributed by atoms with Gasteiger partial charge < -0.3 is 4.90 Å². The molecular formula is C54H47N. The van der Waals surface area contributed by atoms with Gasteiger partial charge in [0.2, 0.25) is 0 Å². The van der Waals surface area contributed by atoms with Crippen LogP contribution in [0.5, 0.6) is 0 Å². The van der Waals surface area contributed by atoms with Gasteiger partial charge in [0.15, 0.2) is 0 Å². The lowest BCUT2D eigenvalue weighted by atomic mass is 9.70. The first-order valence-corrected chi connectivity index (χ1v) is 19.8. The summed E-state index contributed by atoms with van der Waals surface area (Å²) < 4.78 is 0. The van der Waals surface area contributed by atoms with E-state index in [4.69, 9.17) is 0 Å². The summed E-state index contributed by atoms with van der Waals surface area (Å²) in [6, 6.07) is 58.9. The van der Waals surface area contributed by atoms with Crippen LogP contribution in [-0.4, -0.2) is 0 Å². The van der Waals surface area contributed by atoms with Gasteiger partial charge in [-0.25, -0.2) is 0 Å². The average molecular weight is 710 g/mol. The molecule has 0 amide bonds. The Balaban J connectivity index is 1.43. The van der Waals surface area contributed by atoms with Gasteiger partial charge >= 0.3 is 0 Å². The summed E-state index contributed by atoms with van der Waals surface area (Å²) in [5.74, 6) is 0. The Kier molecular flexibility index (Phi) is 7.21. The van der Waals surface area contributed by atoms with Crippen molar-refractivity contribution in [1.82, 2.24) is 0 Å². The number of nitrogens with zero attached hydrogens (tertiary/aromatic N) is 1. The molecule has 0 aromatic heterocycles. The van der Waals surface area contributed by atoms with E-state index < -0.39 is 0 Å². The van der Waals surface area contributed by atoms with Crippen LogP contribution in [0.4, 0.5) is 17.1 Å². The lowest BCUT2D eigenvalue weighted by Crippen LogP contribution is -2.28. The fourth-order valence-electron chi connectivity index (χ4n) is 10.3. The van der Waals surface area contributed by atoms with Crippen LogP contribution in [0.3, 0.4) is 0 Å². The molecule has 0 radical (unpaired) electrons. The Morgan fingerprint density at radius 3 is 1.60 bits per heavy atom. The first-order valence-electron chi connectivity index (χ1n) is 19.8. The maximum atomic E-state index is 2.66. The second kappa shape index (κ2) is 11.8. The molecule has 2 aliphatic carbocycles. The fraction of sp³-hybridized carbons (Fsp3) is 0.185. The summed E-state index contributed by atoms with van der Waals surface area (Å²) in [4.78, 5) is 2.66. The van der Waals surface area contributed by atoms with Crippen LogP contribution in [0.2, 0.25) is 0 Å². The van der Waals surface area contributed by atoms with Crippen LogP contribution >= 0.6 is 0 Å². The van der Waals surface area contributed by atoms with Crippen molar-refractivity contribution in [2.45, 2.75) is 64.7 Å². The van der Waals surface area contributed by atoms with Crippen LogP contribution < -0.4 is 4.90 Å². The number of fused-ring (bicyclic) bond motifs is 8. The van der Waals surface area contributed by atoms with E-state index in [1.807, 2.05) is 0 Å².